The molecule has 2 aromatic rings. The summed E-state index contributed by atoms with van der Waals surface area (Å²) in [7, 11) is 1.63. The maximum absolute atomic E-state index is 13.2. The molecule has 0 amide bonds. The van der Waals surface area contributed by atoms with Crippen LogP contribution in [0.5, 0.6) is 0 Å². The van der Waals surface area contributed by atoms with Crippen molar-refractivity contribution in [2.24, 2.45) is 7.05 Å². The van der Waals surface area contributed by atoms with E-state index in [1.165, 1.54) is 10.6 Å². The molecule has 5 heteroatoms. The summed E-state index contributed by atoms with van der Waals surface area (Å²) in [6.45, 7) is 0. The molecule has 0 aliphatic heterocycles. The van der Waals surface area contributed by atoms with Crippen molar-refractivity contribution >= 4 is 23.3 Å². The summed E-state index contributed by atoms with van der Waals surface area (Å²) in [6, 6.07) is 2.05. The molecular weight excluding hydrogens is 194 g/mol. The number of nitrogens with one attached hydrogen (secondary N) is 1. The van der Waals surface area contributed by atoms with Gasteiger partial charge < -0.3 is 9.55 Å². The second-order valence-electron chi connectivity index (χ2n) is 2.77. The Morgan fingerprint density at radius 2 is 2.08 bits per heavy atom. The van der Waals surface area contributed by atoms with Crippen molar-refractivity contribution in [2.45, 2.75) is 0 Å². The number of aromatic nitrogens is 2. The lowest BCUT2D eigenvalue weighted by Gasteiger charge is -1.96. The summed E-state index contributed by atoms with van der Waals surface area (Å²) in [5.74, 6) is -1.22. The predicted octanol–water partition coefficient (Wildman–Crippen LogP) is 2.51. The molecule has 0 aliphatic rings. The minimum Gasteiger partial charge on any atom is -0.330 e. The Balaban J connectivity index is 3.03. The zero-order chi connectivity index (χ0) is 9.59. The summed E-state index contributed by atoms with van der Waals surface area (Å²) >= 11 is 4.88. The van der Waals surface area contributed by atoms with Crippen LogP contribution in [0.25, 0.3) is 11.0 Å². The quantitative estimate of drug-likeness (QED) is 0.648. The molecule has 0 saturated carbocycles. The number of halogens is 2. The summed E-state index contributed by atoms with van der Waals surface area (Å²) < 4.78 is 27.8. The summed E-state index contributed by atoms with van der Waals surface area (Å²) in [4.78, 5) is 2.71. The lowest BCUT2D eigenvalue weighted by molar-refractivity contribution is 0.588. The van der Waals surface area contributed by atoms with E-state index in [1.807, 2.05) is 0 Å². The first-order valence-corrected chi connectivity index (χ1v) is 4.04. The van der Waals surface area contributed by atoms with Crippen LogP contribution in [0.3, 0.4) is 0 Å². The second-order valence-corrected chi connectivity index (χ2v) is 3.16. The van der Waals surface area contributed by atoms with Crippen LogP contribution in [0, 0.1) is 16.4 Å². The fourth-order valence-electron chi connectivity index (χ4n) is 1.30. The van der Waals surface area contributed by atoms with Crippen molar-refractivity contribution in [3.63, 3.8) is 0 Å². The molecule has 68 valence electrons. The van der Waals surface area contributed by atoms with Gasteiger partial charge in [-0.25, -0.2) is 8.78 Å². The number of fused-ring (bicyclic) bond motifs is 1. The van der Waals surface area contributed by atoms with E-state index >= 15 is 0 Å². The lowest BCUT2D eigenvalue weighted by Crippen LogP contribution is -1.90. The van der Waals surface area contributed by atoms with Gasteiger partial charge in [0, 0.05) is 13.1 Å². The van der Waals surface area contributed by atoms with Gasteiger partial charge in [0.2, 0.25) is 0 Å². The molecule has 0 spiro atoms. The van der Waals surface area contributed by atoms with E-state index in [4.69, 9.17) is 12.2 Å². The van der Waals surface area contributed by atoms with Crippen molar-refractivity contribution in [3.8, 4) is 0 Å². The number of hydrogen-bond acceptors (Lipinski definition) is 1. The predicted molar refractivity (Wildman–Crippen MR) is 48.0 cm³/mol. The molecule has 0 unspecified atom stereocenters. The molecule has 0 radical (unpaired) electrons. The number of benzene rings is 1. The monoisotopic (exact) mass is 200 g/mol. The smallest absolute Gasteiger partial charge is 0.177 e. The highest BCUT2D eigenvalue weighted by molar-refractivity contribution is 7.71. The molecule has 0 aliphatic carbocycles. The van der Waals surface area contributed by atoms with Crippen LogP contribution in [0.4, 0.5) is 8.78 Å². The third-order valence-electron chi connectivity index (χ3n) is 1.91. The Hall–Kier alpha value is -1.23. The standard InChI is InChI=1S/C8H6F2N2S/c1-12-7-5(10)2-4(9)3-6(7)11-8(12)13/h2-3H,1H3,(H,11,13). The highest BCUT2D eigenvalue weighted by Crippen LogP contribution is 2.18. The highest BCUT2D eigenvalue weighted by atomic mass is 32.1. The van der Waals surface area contributed by atoms with Crippen LogP contribution >= 0.6 is 12.2 Å². The molecule has 1 aromatic carbocycles. The molecule has 13 heavy (non-hydrogen) atoms. The van der Waals surface area contributed by atoms with Gasteiger partial charge in [-0.3, -0.25) is 0 Å². The Kier molecular flexibility index (Phi) is 1.69. The number of H-pyrrole nitrogens is 1. The third kappa shape index (κ3) is 1.16. The van der Waals surface area contributed by atoms with E-state index < -0.39 is 11.6 Å². The first-order chi connectivity index (χ1) is 6.09. The minimum absolute atomic E-state index is 0.298. The van der Waals surface area contributed by atoms with Gasteiger partial charge in [0.1, 0.15) is 11.3 Å². The van der Waals surface area contributed by atoms with Crippen LogP contribution in [-0.2, 0) is 7.05 Å². The zero-order valence-electron chi connectivity index (χ0n) is 6.77. The van der Waals surface area contributed by atoms with E-state index in [1.54, 1.807) is 7.05 Å². The first-order valence-electron chi connectivity index (χ1n) is 3.63. The average molecular weight is 200 g/mol. The fraction of sp³-hybridized carbons (Fsp3) is 0.125. The molecule has 0 atom stereocenters. The van der Waals surface area contributed by atoms with Crippen LogP contribution in [0.1, 0.15) is 0 Å². The number of aromatic amines is 1. The van der Waals surface area contributed by atoms with Gasteiger partial charge in [-0.2, -0.15) is 0 Å². The molecule has 2 rings (SSSR count). The Morgan fingerprint density at radius 3 is 2.77 bits per heavy atom. The van der Waals surface area contributed by atoms with Gasteiger partial charge in [-0.05, 0) is 18.3 Å². The maximum Gasteiger partial charge on any atom is 0.177 e. The number of imidazole rings is 1. The molecule has 2 nitrogen and oxygen atoms in total. The van der Waals surface area contributed by atoms with E-state index in [0.29, 0.717) is 15.8 Å². The number of rotatable bonds is 0. The van der Waals surface area contributed by atoms with Crippen molar-refractivity contribution in [1.29, 1.82) is 0 Å². The molecular formula is C8H6F2N2S. The van der Waals surface area contributed by atoms with Crippen LogP contribution in [0.2, 0.25) is 0 Å². The number of nitrogens with zero attached hydrogens (tertiary/aromatic N) is 1. The van der Waals surface area contributed by atoms with Gasteiger partial charge in [0.25, 0.3) is 0 Å². The van der Waals surface area contributed by atoms with Gasteiger partial charge in [0.05, 0.1) is 5.52 Å². The lowest BCUT2D eigenvalue weighted by atomic mass is 10.3. The van der Waals surface area contributed by atoms with E-state index in [-0.39, 0.29) is 0 Å². The SMILES string of the molecule is Cn1c(=S)[nH]c2cc(F)cc(F)c21. The van der Waals surface area contributed by atoms with Crippen LogP contribution < -0.4 is 0 Å². The van der Waals surface area contributed by atoms with Crippen molar-refractivity contribution in [2.75, 3.05) is 0 Å². The summed E-state index contributed by atoms with van der Waals surface area (Å²) in [5.41, 5.74) is 0.677. The normalized spacial score (nSPS) is 11.0. The first kappa shape index (κ1) is 8.37. The van der Waals surface area contributed by atoms with Crippen molar-refractivity contribution in [3.05, 3.63) is 28.5 Å². The zero-order valence-corrected chi connectivity index (χ0v) is 7.58. The molecule has 1 aromatic heterocycles. The Morgan fingerprint density at radius 1 is 1.38 bits per heavy atom. The third-order valence-corrected chi connectivity index (χ3v) is 2.29. The average Bonchev–Trinajstić information content (AvgIpc) is 2.27. The van der Waals surface area contributed by atoms with Crippen molar-refractivity contribution < 1.29 is 8.78 Å². The second kappa shape index (κ2) is 2.63. The molecule has 1 heterocycles. The largest absolute Gasteiger partial charge is 0.330 e. The molecule has 0 fully saturated rings. The van der Waals surface area contributed by atoms with E-state index in [0.717, 1.165) is 6.07 Å². The summed E-state index contributed by atoms with van der Waals surface area (Å²) in [5, 5.41) is 0. The topological polar surface area (TPSA) is 20.7 Å². The minimum atomic E-state index is -0.609. The number of aryl methyl sites for hydroxylation is 1. The molecule has 1 N–H and O–H groups in total. The number of hydrogen-bond donors (Lipinski definition) is 1. The highest BCUT2D eigenvalue weighted by Gasteiger charge is 2.08. The van der Waals surface area contributed by atoms with Crippen LogP contribution in [0.15, 0.2) is 12.1 Å². The van der Waals surface area contributed by atoms with E-state index in [9.17, 15) is 8.78 Å². The summed E-state index contributed by atoms with van der Waals surface area (Å²) in [6.07, 6.45) is 0. The van der Waals surface area contributed by atoms with Crippen LogP contribution in [-0.4, -0.2) is 9.55 Å². The Labute approximate surface area is 77.8 Å². The van der Waals surface area contributed by atoms with Gasteiger partial charge in [-0.1, -0.05) is 0 Å². The molecule has 0 saturated heterocycles. The van der Waals surface area contributed by atoms with Crippen molar-refractivity contribution in [1.82, 2.24) is 9.55 Å². The fourth-order valence-corrected chi connectivity index (χ4v) is 1.50. The molecule has 0 bridgehead atoms. The van der Waals surface area contributed by atoms with E-state index in [2.05, 4.69) is 4.98 Å². The van der Waals surface area contributed by atoms with Gasteiger partial charge in [0.15, 0.2) is 10.6 Å². The van der Waals surface area contributed by atoms with Gasteiger partial charge in [-0.15, -0.1) is 0 Å². The van der Waals surface area contributed by atoms with Gasteiger partial charge >= 0.3 is 0 Å². The maximum atomic E-state index is 13.2. The Bertz CT molecular complexity index is 527.